The van der Waals surface area contributed by atoms with Gasteiger partial charge in [0.25, 0.3) is 0 Å². The van der Waals surface area contributed by atoms with Crippen LogP contribution in [0, 0.1) is 17.1 Å². The van der Waals surface area contributed by atoms with E-state index in [1.165, 1.54) is 12.1 Å². The van der Waals surface area contributed by atoms with Gasteiger partial charge in [0.15, 0.2) is 0 Å². The molecule has 0 aliphatic carbocycles. The van der Waals surface area contributed by atoms with Crippen LogP contribution in [0.5, 0.6) is 0 Å². The molecule has 4 heteroatoms. The molecule has 3 N–H and O–H groups in total. The molecule has 2 aromatic rings. The molecule has 0 saturated heterocycles. The predicted octanol–water partition coefficient (Wildman–Crippen LogP) is 3.65. The van der Waals surface area contributed by atoms with Gasteiger partial charge in [0.2, 0.25) is 0 Å². The molecule has 0 aliphatic heterocycles. The molecule has 0 spiro atoms. The number of rotatable bonds is 4. The van der Waals surface area contributed by atoms with Crippen LogP contribution in [0.3, 0.4) is 0 Å². The minimum Gasteiger partial charge on any atom is -0.398 e. The summed E-state index contributed by atoms with van der Waals surface area (Å²) in [5.41, 5.74) is 9.12. The largest absolute Gasteiger partial charge is 0.398 e. The second-order valence-corrected chi connectivity index (χ2v) is 4.67. The van der Waals surface area contributed by atoms with E-state index < -0.39 is 0 Å². The molecule has 0 aromatic heterocycles. The van der Waals surface area contributed by atoms with E-state index in [0.29, 0.717) is 5.69 Å². The Bertz CT molecular complexity index is 629. The van der Waals surface area contributed by atoms with E-state index in [1.54, 1.807) is 18.2 Å². The van der Waals surface area contributed by atoms with Crippen LogP contribution in [-0.2, 0) is 6.42 Å². The maximum atomic E-state index is 12.9. The first-order valence-electron chi connectivity index (χ1n) is 6.37. The van der Waals surface area contributed by atoms with Gasteiger partial charge in [-0.2, -0.15) is 5.26 Å². The predicted molar refractivity (Wildman–Crippen MR) is 78.6 cm³/mol. The lowest BCUT2D eigenvalue weighted by Crippen LogP contribution is -2.07. The molecule has 0 heterocycles. The lowest BCUT2D eigenvalue weighted by Gasteiger charge is -2.16. The van der Waals surface area contributed by atoms with Crippen molar-refractivity contribution >= 4 is 11.4 Å². The SMILES string of the molecule is CC(Nc1ccc(N)c(CC#N)c1)c1ccc(F)cc1. The number of nitrogens with zero attached hydrogens (tertiary/aromatic N) is 1. The van der Waals surface area contributed by atoms with Gasteiger partial charge in [0.05, 0.1) is 12.5 Å². The standard InChI is InChI=1S/C16H16FN3/c1-11(12-2-4-14(17)5-3-12)20-15-6-7-16(19)13(10-15)8-9-18/h2-7,10-11,20H,8,19H2,1H3. The number of anilines is 2. The number of nitriles is 1. The molecular formula is C16H16FN3. The Balaban J connectivity index is 2.15. The Morgan fingerprint density at radius 2 is 1.95 bits per heavy atom. The van der Waals surface area contributed by atoms with Crippen LogP contribution in [0.1, 0.15) is 24.1 Å². The zero-order valence-electron chi connectivity index (χ0n) is 11.2. The van der Waals surface area contributed by atoms with Gasteiger partial charge in [-0.1, -0.05) is 12.1 Å². The number of hydrogen-bond donors (Lipinski definition) is 2. The van der Waals surface area contributed by atoms with Gasteiger partial charge in [0, 0.05) is 17.4 Å². The van der Waals surface area contributed by atoms with Crippen molar-refractivity contribution in [2.24, 2.45) is 0 Å². The van der Waals surface area contributed by atoms with E-state index in [4.69, 9.17) is 11.0 Å². The molecule has 102 valence electrons. The molecule has 0 saturated carbocycles. The Morgan fingerprint density at radius 1 is 1.25 bits per heavy atom. The summed E-state index contributed by atoms with van der Waals surface area (Å²) < 4.78 is 12.9. The molecular weight excluding hydrogens is 253 g/mol. The lowest BCUT2D eigenvalue weighted by molar-refractivity contribution is 0.626. The molecule has 20 heavy (non-hydrogen) atoms. The van der Waals surface area contributed by atoms with Gasteiger partial charge < -0.3 is 11.1 Å². The third-order valence-electron chi connectivity index (χ3n) is 3.17. The van der Waals surface area contributed by atoms with Crippen molar-refractivity contribution in [1.29, 1.82) is 5.26 Å². The van der Waals surface area contributed by atoms with Gasteiger partial charge in [-0.15, -0.1) is 0 Å². The highest BCUT2D eigenvalue weighted by atomic mass is 19.1. The number of benzene rings is 2. The molecule has 2 rings (SSSR count). The quantitative estimate of drug-likeness (QED) is 0.833. The number of hydrogen-bond acceptors (Lipinski definition) is 3. The minimum atomic E-state index is -0.246. The number of halogens is 1. The first kappa shape index (κ1) is 13.9. The molecule has 2 aromatic carbocycles. The fourth-order valence-electron chi connectivity index (χ4n) is 2.02. The van der Waals surface area contributed by atoms with Crippen LogP contribution in [0.2, 0.25) is 0 Å². The van der Waals surface area contributed by atoms with Crippen molar-refractivity contribution in [3.8, 4) is 6.07 Å². The monoisotopic (exact) mass is 269 g/mol. The van der Waals surface area contributed by atoms with Crippen molar-refractivity contribution in [2.75, 3.05) is 11.1 Å². The Hall–Kier alpha value is -2.54. The molecule has 3 nitrogen and oxygen atoms in total. The highest BCUT2D eigenvalue weighted by molar-refractivity contribution is 5.58. The third kappa shape index (κ3) is 3.27. The molecule has 0 aliphatic rings. The maximum absolute atomic E-state index is 12.9. The van der Waals surface area contributed by atoms with E-state index in [-0.39, 0.29) is 18.3 Å². The summed E-state index contributed by atoms with van der Waals surface area (Å²) in [7, 11) is 0. The Morgan fingerprint density at radius 3 is 2.60 bits per heavy atom. The Kier molecular flexibility index (Phi) is 4.21. The summed E-state index contributed by atoms with van der Waals surface area (Å²) in [5.74, 6) is -0.246. The van der Waals surface area contributed by atoms with Crippen LogP contribution in [0.25, 0.3) is 0 Å². The summed E-state index contributed by atoms with van der Waals surface area (Å²) in [6, 6.07) is 14.0. The zero-order valence-corrected chi connectivity index (χ0v) is 11.2. The highest BCUT2D eigenvalue weighted by Gasteiger charge is 2.07. The lowest BCUT2D eigenvalue weighted by atomic mass is 10.1. The highest BCUT2D eigenvalue weighted by Crippen LogP contribution is 2.23. The van der Waals surface area contributed by atoms with E-state index in [1.807, 2.05) is 19.1 Å². The molecule has 0 bridgehead atoms. The van der Waals surface area contributed by atoms with Crippen molar-refractivity contribution < 1.29 is 4.39 Å². The summed E-state index contributed by atoms with van der Waals surface area (Å²) in [6.45, 7) is 1.99. The second-order valence-electron chi connectivity index (χ2n) is 4.67. The van der Waals surface area contributed by atoms with E-state index in [2.05, 4.69) is 11.4 Å². The fraction of sp³-hybridized carbons (Fsp3) is 0.188. The fourth-order valence-corrected chi connectivity index (χ4v) is 2.02. The van der Waals surface area contributed by atoms with Crippen molar-refractivity contribution in [2.45, 2.75) is 19.4 Å². The molecule has 0 radical (unpaired) electrons. The average Bonchev–Trinajstić information content (AvgIpc) is 2.43. The second kappa shape index (κ2) is 6.07. The summed E-state index contributed by atoms with van der Waals surface area (Å²) in [4.78, 5) is 0. The van der Waals surface area contributed by atoms with Gasteiger partial charge in [0.1, 0.15) is 5.82 Å². The summed E-state index contributed by atoms with van der Waals surface area (Å²) in [5, 5.41) is 12.1. The van der Waals surface area contributed by atoms with Crippen LogP contribution in [0.4, 0.5) is 15.8 Å². The van der Waals surface area contributed by atoms with Crippen molar-refractivity contribution in [3.05, 3.63) is 59.4 Å². The molecule has 0 fully saturated rings. The zero-order chi connectivity index (χ0) is 14.5. The van der Waals surface area contributed by atoms with Gasteiger partial charge in [-0.05, 0) is 48.4 Å². The molecule has 1 unspecified atom stereocenters. The van der Waals surface area contributed by atoms with E-state index in [9.17, 15) is 4.39 Å². The average molecular weight is 269 g/mol. The third-order valence-corrected chi connectivity index (χ3v) is 3.17. The van der Waals surface area contributed by atoms with Gasteiger partial charge >= 0.3 is 0 Å². The van der Waals surface area contributed by atoms with Crippen LogP contribution < -0.4 is 11.1 Å². The van der Waals surface area contributed by atoms with Crippen LogP contribution in [-0.4, -0.2) is 0 Å². The van der Waals surface area contributed by atoms with E-state index >= 15 is 0 Å². The summed E-state index contributed by atoms with van der Waals surface area (Å²) >= 11 is 0. The van der Waals surface area contributed by atoms with Crippen LogP contribution in [0.15, 0.2) is 42.5 Å². The molecule has 0 amide bonds. The number of nitrogens with two attached hydrogens (primary N) is 1. The van der Waals surface area contributed by atoms with Crippen LogP contribution >= 0.6 is 0 Å². The van der Waals surface area contributed by atoms with Gasteiger partial charge in [-0.3, -0.25) is 0 Å². The topological polar surface area (TPSA) is 61.8 Å². The first-order chi connectivity index (χ1) is 9.60. The van der Waals surface area contributed by atoms with Crippen molar-refractivity contribution in [1.82, 2.24) is 0 Å². The maximum Gasteiger partial charge on any atom is 0.123 e. The summed E-state index contributed by atoms with van der Waals surface area (Å²) in [6.07, 6.45) is 0.284. The smallest absolute Gasteiger partial charge is 0.123 e. The molecule has 1 atom stereocenters. The van der Waals surface area contributed by atoms with E-state index in [0.717, 1.165) is 16.8 Å². The van der Waals surface area contributed by atoms with Crippen molar-refractivity contribution in [3.63, 3.8) is 0 Å². The normalized spacial score (nSPS) is 11.7. The number of nitrogen functional groups attached to an aromatic ring is 1. The minimum absolute atomic E-state index is 0.0363. The Labute approximate surface area is 117 Å². The first-order valence-corrected chi connectivity index (χ1v) is 6.37. The van der Waals surface area contributed by atoms with Gasteiger partial charge in [-0.25, -0.2) is 4.39 Å². The number of nitrogens with one attached hydrogen (secondary N) is 1.